The summed E-state index contributed by atoms with van der Waals surface area (Å²) in [6, 6.07) is 5.54. The number of fused-ring (bicyclic) bond motifs is 1. The van der Waals surface area contributed by atoms with Crippen LogP contribution in [0.5, 0.6) is 0 Å². The number of hydrogen-bond donors (Lipinski definition) is 3. The number of nitrogens with one attached hydrogen (secondary N) is 2. The number of hydrogen-bond acceptors (Lipinski definition) is 3. The summed E-state index contributed by atoms with van der Waals surface area (Å²) in [6.45, 7) is 3.01. The zero-order valence-electron chi connectivity index (χ0n) is 11.0. The van der Waals surface area contributed by atoms with Crippen LogP contribution in [0.2, 0.25) is 5.02 Å². The molecule has 1 atom stereocenters. The van der Waals surface area contributed by atoms with Crippen molar-refractivity contribution in [3.05, 3.63) is 35.0 Å². The molecule has 0 radical (unpaired) electrons. The van der Waals surface area contributed by atoms with Crippen molar-refractivity contribution in [2.24, 2.45) is 5.73 Å². The maximum atomic E-state index is 11.5. The summed E-state index contributed by atoms with van der Waals surface area (Å²) in [5.41, 5.74) is 7.64. The molecule has 1 aromatic heterocycles. The van der Waals surface area contributed by atoms with Crippen molar-refractivity contribution < 1.29 is 4.79 Å². The van der Waals surface area contributed by atoms with Crippen LogP contribution in [-0.4, -0.2) is 41.5 Å². The highest BCUT2D eigenvalue weighted by atomic mass is 35.5. The molecule has 1 saturated heterocycles. The minimum atomic E-state index is -0.278. The Morgan fingerprint density at radius 3 is 3.15 bits per heavy atom. The van der Waals surface area contributed by atoms with Gasteiger partial charge in [-0.05, 0) is 17.7 Å². The fourth-order valence-corrected chi connectivity index (χ4v) is 2.90. The van der Waals surface area contributed by atoms with Crippen molar-refractivity contribution in [3.8, 4) is 0 Å². The number of H-pyrrole nitrogens is 1. The van der Waals surface area contributed by atoms with Gasteiger partial charge in [0.15, 0.2) is 0 Å². The third-order valence-electron chi connectivity index (χ3n) is 3.79. The number of benzene rings is 1. The Balaban J connectivity index is 1.86. The molecule has 0 saturated carbocycles. The molecule has 20 heavy (non-hydrogen) atoms. The summed E-state index contributed by atoms with van der Waals surface area (Å²) in [4.78, 5) is 16.9. The monoisotopic (exact) mass is 292 g/mol. The maximum absolute atomic E-state index is 11.5. The lowest BCUT2D eigenvalue weighted by Gasteiger charge is -2.33. The van der Waals surface area contributed by atoms with Crippen LogP contribution in [0.25, 0.3) is 10.9 Å². The largest absolute Gasteiger partial charge is 0.368 e. The standard InChI is InChI=1S/C14H17ClN4O/c15-10-1-2-11-9(6-18-12(11)5-10)8-19-4-3-17-7-13(19)14(16)20/h1-2,5-6,13,17-18H,3-4,7-8H2,(H2,16,20). The van der Waals surface area contributed by atoms with Gasteiger partial charge in [0.2, 0.25) is 5.91 Å². The smallest absolute Gasteiger partial charge is 0.236 e. The van der Waals surface area contributed by atoms with Gasteiger partial charge in [-0.3, -0.25) is 9.69 Å². The van der Waals surface area contributed by atoms with Crippen molar-refractivity contribution in [1.29, 1.82) is 0 Å². The van der Waals surface area contributed by atoms with Gasteiger partial charge in [0, 0.05) is 48.3 Å². The maximum Gasteiger partial charge on any atom is 0.236 e. The summed E-state index contributed by atoms with van der Waals surface area (Å²) >= 11 is 5.98. The SMILES string of the molecule is NC(=O)C1CNCCN1Cc1c[nH]c2cc(Cl)ccc12. The van der Waals surface area contributed by atoms with Gasteiger partial charge >= 0.3 is 0 Å². The first-order chi connectivity index (χ1) is 9.65. The van der Waals surface area contributed by atoms with Crippen molar-refractivity contribution in [3.63, 3.8) is 0 Å². The van der Waals surface area contributed by atoms with Gasteiger partial charge in [-0.1, -0.05) is 17.7 Å². The predicted octanol–water partition coefficient (Wildman–Crippen LogP) is 1.08. The third kappa shape index (κ3) is 2.52. The fourth-order valence-electron chi connectivity index (χ4n) is 2.72. The molecule has 0 bridgehead atoms. The van der Waals surface area contributed by atoms with E-state index in [2.05, 4.69) is 15.2 Å². The molecule has 1 amide bonds. The molecular formula is C14H17ClN4O. The van der Waals surface area contributed by atoms with Gasteiger partial charge in [0.25, 0.3) is 0 Å². The van der Waals surface area contributed by atoms with Crippen LogP contribution in [0.4, 0.5) is 0 Å². The molecule has 1 aliphatic rings. The minimum absolute atomic E-state index is 0.249. The number of nitrogens with zero attached hydrogens (tertiary/aromatic N) is 1. The molecule has 2 aromatic rings. The summed E-state index contributed by atoms with van der Waals surface area (Å²) in [7, 11) is 0. The average Bonchev–Trinajstić information content (AvgIpc) is 2.81. The second-order valence-electron chi connectivity index (χ2n) is 5.10. The quantitative estimate of drug-likeness (QED) is 0.792. The molecule has 1 aliphatic heterocycles. The van der Waals surface area contributed by atoms with E-state index in [0.717, 1.165) is 29.6 Å². The molecule has 106 valence electrons. The van der Waals surface area contributed by atoms with Gasteiger partial charge in [0.1, 0.15) is 6.04 Å². The summed E-state index contributed by atoms with van der Waals surface area (Å²) < 4.78 is 0. The van der Waals surface area contributed by atoms with Gasteiger partial charge in [-0.2, -0.15) is 0 Å². The number of carbonyl (C=O) groups is 1. The Morgan fingerprint density at radius 1 is 1.50 bits per heavy atom. The van der Waals surface area contributed by atoms with E-state index in [4.69, 9.17) is 17.3 Å². The average molecular weight is 293 g/mol. The molecule has 2 heterocycles. The van der Waals surface area contributed by atoms with Crippen molar-refractivity contribution in [2.75, 3.05) is 19.6 Å². The van der Waals surface area contributed by atoms with Gasteiger partial charge in [0.05, 0.1) is 0 Å². The second-order valence-corrected chi connectivity index (χ2v) is 5.53. The van der Waals surface area contributed by atoms with Gasteiger partial charge in [-0.15, -0.1) is 0 Å². The number of carbonyl (C=O) groups excluding carboxylic acids is 1. The second kappa shape index (κ2) is 5.44. The molecular weight excluding hydrogens is 276 g/mol. The molecule has 1 aromatic carbocycles. The minimum Gasteiger partial charge on any atom is -0.368 e. The first-order valence-corrected chi connectivity index (χ1v) is 7.02. The van der Waals surface area contributed by atoms with Crippen molar-refractivity contribution in [1.82, 2.24) is 15.2 Å². The number of nitrogens with two attached hydrogens (primary N) is 1. The Kier molecular flexibility index (Phi) is 3.65. The van der Waals surface area contributed by atoms with E-state index in [0.29, 0.717) is 18.1 Å². The van der Waals surface area contributed by atoms with Crippen LogP contribution in [0.1, 0.15) is 5.56 Å². The molecule has 1 fully saturated rings. The topological polar surface area (TPSA) is 74.2 Å². The van der Waals surface area contributed by atoms with Gasteiger partial charge < -0.3 is 16.0 Å². The number of amides is 1. The van der Waals surface area contributed by atoms with Crippen molar-refractivity contribution in [2.45, 2.75) is 12.6 Å². The van der Waals surface area contributed by atoms with E-state index < -0.39 is 0 Å². The Hall–Kier alpha value is -1.56. The first kappa shape index (κ1) is 13.4. The normalized spacial score (nSPS) is 20.4. The lowest BCUT2D eigenvalue weighted by atomic mass is 10.1. The molecule has 0 spiro atoms. The van der Waals surface area contributed by atoms with E-state index in [1.165, 1.54) is 0 Å². The molecule has 5 nitrogen and oxygen atoms in total. The summed E-state index contributed by atoms with van der Waals surface area (Å²) in [5.74, 6) is -0.278. The van der Waals surface area contributed by atoms with Crippen LogP contribution >= 0.6 is 11.6 Å². The number of halogens is 1. The highest BCUT2D eigenvalue weighted by Crippen LogP contribution is 2.23. The number of rotatable bonds is 3. The molecule has 1 unspecified atom stereocenters. The summed E-state index contributed by atoms with van der Waals surface area (Å²) in [5, 5.41) is 5.05. The zero-order valence-corrected chi connectivity index (χ0v) is 11.8. The lowest BCUT2D eigenvalue weighted by molar-refractivity contribution is -0.124. The number of primary amides is 1. The highest BCUT2D eigenvalue weighted by Gasteiger charge is 2.27. The Morgan fingerprint density at radius 2 is 2.35 bits per heavy atom. The van der Waals surface area contributed by atoms with E-state index in [1.807, 2.05) is 24.4 Å². The Bertz CT molecular complexity index is 639. The number of piperazine rings is 1. The van der Waals surface area contributed by atoms with E-state index in [9.17, 15) is 4.79 Å². The van der Waals surface area contributed by atoms with Crippen molar-refractivity contribution >= 4 is 28.4 Å². The molecule has 4 N–H and O–H groups in total. The predicted molar refractivity (Wildman–Crippen MR) is 79.6 cm³/mol. The van der Waals surface area contributed by atoms with Crippen LogP contribution in [0.3, 0.4) is 0 Å². The molecule has 6 heteroatoms. The molecule has 3 rings (SSSR count). The van der Waals surface area contributed by atoms with Crippen LogP contribution in [0.15, 0.2) is 24.4 Å². The van der Waals surface area contributed by atoms with Gasteiger partial charge in [-0.25, -0.2) is 0 Å². The van der Waals surface area contributed by atoms with E-state index in [-0.39, 0.29) is 11.9 Å². The number of aromatic amines is 1. The van der Waals surface area contributed by atoms with Crippen LogP contribution in [-0.2, 0) is 11.3 Å². The fraction of sp³-hybridized carbons (Fsp3) is 0.357. The van der Waals surface area contributed by atoms with E-state index in [1.54, 1.807) is 0 Å². The lowest BCUT2D eigenvalue weighted by Crippen LogP contribution is -2.56. The van der Waals surface area contributed by atoms with Crippen LogP contribution in [0, 0.1) is 0 Å². The van der Waals surface area contributed by atoms with E-state index >= 15 is 0 Å². The first-order valence-electron chi connectivity index (χ1n) is 6.65. The number of aromatic nitrogens is 1. The third-order valence-corrected chi connectivity index (χ3v) is 4.02. The molecule has 0 aliphatic carbocycles. The van der Waals surface area contributed by atoms with Crippen LogP contribution < -0.4 is 11.1 Å². The Labute approximate surface area is 122 Å². The zero-order chi connectivity index (χ0) is 14.1. The summed E-state index contributed by atoms with van der Waals surface area (Å²) in [6.07, 6.45) is 1.97. The highest BCUT2D eigenvalue weighted by molar-refractivity contribution is 6.31.